The van der Waals surface area contributed by atoms with E-state index < -0.39 is 5.91 Å². The average Bonchev–Trinajstić information content (AvgIpc) is 2.26. The molecule has 0 spiro atoms. The number of hydrogen-bond donors (Lipinski definition) is 2. The standard InChI is InChI=1S/C11H14Cl2N2O2/c1-6(2)5-17-10-8(12)3-7(4-9(10)13)11(16)15-14/h3-4,6H,5,14H2,1-2H3,(H,15,16). The quantitative estimate of drug-likeness (QED) is 0.505. The summed E-state index contributed by atoms with van der Waals surface area (Å²) >= 11 is 12.0. The molecular weight excluding hydrogens is 263 g/mol. The highest BCUT2D eigenvalue weighted by Crippen LogP contribution is 2.34. The zero-order chi connectivity index (χ0) is 13.0. The van der Waals surface area contributed by atoms with E-state index in [9.17, 15) is 4.79 Å². The topological polar surface area (TPSA) is 64.3 Å². The minimum absolute atomic E-state index is 0.289. The summed E-state index contributed by atoms with van der Waals surface area (Å²) in [6.45, 7) is 4.53. The first-order chi connectivity index (χ1) is 7.95. The molecule has 0 saturated carbocycles. The van der Waals surface area contributed by atoms with Crippen LogP contribution in [0.1, 0.15) is 24.2 Å². The number of carbonyl (C=O) groups is 1. The molecule has 1 amide bonds. The molecule has 0 aromatic heterocycles. The number of amides is 1. The SMILES string of the molecule is CC(C)COc1c(Cl)cc(C(=O)NN)cc1Cl. The number of hydrogen-bond acceptors (Lipinski definition) is 3. The smallest absolute Gasteiger partial charge is 0.265 e. The predicted molar refractivity (Wildman–Crippen MR) is 68.4 cm³/mol. The van der Waals surface area contributed by atoms with Crippen molar-refractivity contribution in [2.24, 2.45) is 11.8 Å². The van der Waals surface area contributed by atoms with Gasteiger partial charge in [-0.1, -0.05) is 37.0 Å². The lowest BCUT2D eigenvalue weighted by Crippen LogP contribution is -2.29. The van der Waals surface area contributed by atoms with Crippen LogP contribution in [0.5, 0.6) is 5.75 Å². The summed E-state index contributed by atoms with van der Waals surface area (Å²) in [4.78, 5) is 11.3. The molecule has 0 aliphatic rings. The molecule has 3 N–H and O–H groups in total. The summed E-state index contributed by atoms with van der Waals surface area (Å²) in [5, 5.41) is 0.577. The molecule has 0 unspecified atom stereocenters. The molecule has 0 saturated heterocycles. The summed E-state index contributed by atoms with van der Waals surface area (Å²) in [7, 11) is 0. The lowest BCUT2D eigenvalue weighted by atomic mass is 10.2. The molecule has 4 nitrogen and oxygen atoms in total. The number of benzene rings is 1. The van der Waals surface area contributed by atoms with Crippen molar-refractivity contribution >= 4 is 29.1 Å². The highest BCUT2D eigenvalue weighted by molar-refractivity contribution is 6.37. The van der Waals surface area contributed by atoms with E-state index in [0.717, 1.165) is 0 Å². The number of nitrogens with two attached hydrogens (primary N) is 1. The van der Waals surface area contributed by atoms with Crippen LogP contribution in [0.15, 0.2) is 12.1 Å². The maximum Gasteiger partial charge on any atom is 0.265 e. The minimum Gasteiger partial charge on any atom is -0.490 e. The first kappa shape index (κ1) is 14.1. The molecule has 1 aromatic carbocycles. The van der Waals surface area contributed by atoms with Crippen LogP contribution in [0, 0.1) is 5.92 Å². The summed E-state index contributed by atoms with van der Waals surface area (Å²) in [6.07, 6.45) is 0. The van der Waals surface area contributed by atoms with E-state index in [2.05, 4.69) is 0 Å². The number of halogens is 2. The maximum absolute atomic E-state index is 11.3. The molecule has 17 heavy (non-hydrogen) atoms. The Morgan fingerprint density at radius 3 is 2.35 bits per heavy atom. The van der Waals surface area contributed by atoms with E-state index in [1.54, 1.807) is 0 Å². The maximum atomic E-state index is 11.3. The van der Waals surface area contributed by atoms with Gasteiger partial charge in [-0.05, 0) is 18.1 Å². The lowest BCUT2D eigenvalue weighted by Gasteiger charge is -2.12. The predicted octanol–water partition coefficient (Wildman–Crippen LogP) is 2.63. The van der Waals surface area contributed by atoms with Gasteiger partial charge < -0.3 is 4.74 Å². The first-order valence-corrected chi connectivity index (χ1v) is 5.84. The van der Waals surface area contributed by atoms with Crippen molar-refractivity contribution in [3.63, 3.8) is 0 Å². The van der Waals surface area contributed by atoms with Gasteiger partial charge in [-0.15, -0.1) is 0 Å². The second kappa shape index (κ2) is 6.10. The molecule has 6 heteroatoms. The van der Waals surface area contributed by atoms with Gasteiger partial charge >= 0.3 is 0 Å². The number of ether oxygens (including phenoxy) is 1. The number of rotatable bonds is 4. The summed E-state index contributed by atoms with van der Waals surface area (Å²) in [6, 6.07) is 2.93. The fourth-order valence-electron chi connectivity index (χ4n) is 1.16. The van der Waals surface area contributed by atoms with Gasteiger partial charge in [0.15, 0.2) is 5.75 Å². The molecule has 0 bridgehead atoms. The van der Waals surface area contributed by atoms with E-state index >= 15 is 0 Å². The molecule has 0 aliphatic carbocycles. The van der Waals surface area contributed by atoms with E-state index in [0.29, 0.717) is 23.8 Å². The van der Waals surface area contributed by atoms with Gasteiger partial charge in [0.1, 0.15) is 0 Å². The molecule has 94 valence electrons. The summed E-state index contributed by atoms with van der Waals surface area (Å²) < 4.78 is 5.47. The Hall–Kier alpha value is -0.970. The van der Waals surface area contributed by atoms with Crippen molar-refractivity contribution in [3.05, 3.63) is 27.7 Å². The highest BCUT2D eigenvalue weighted by atomic mass is 35.5. The van der Waals surface area contributed by atoms with Crippen molar-refractivity contribution in [3.8, 4) is 5.75 Å². The molecule has 0 radical (unpaired) electrons. The number of nitrogen functional groups attached to an aromatic ring is 1. The third-order valence-corrected chi connectivity index (χ3v) is 2.51. The van der Waals surface area contributed by atoms with Gasteiger partial charge in [-0.25, -0.2) is 5.84 Å². The zero-order valence-corrected chi connectivity index (χ0v) is 11.1. The Labute approximate surface area is 110 Å². The fourth-order valence-corrected chi connectivity index (χ4v) is 1.76. The van der Waals surface area contributed by atoms with Crippen molar-refractivity contribution < 1.29 is 9.53 Å². The number of nitrogens with one attached hydrogen (secondary N) is 1. The van der Waals surface area contributed by atoms with Crippen molar-refractivity contribution in [2.75, 3.05) is 6.61 Å². The highest BCUT2D eigenvalue weighted by Gasteiger charge is 2.13. The molecule has 1 rings (SSSR count). The third kappa shape index (κ3) is 3.77. The van der Waals surface area contributed by atoms with Crippen molar-refractivity contribution in [2.45, 2.75) is 13.8 Å². The van der Waals surface area contributed by atoms with Crippen LogP contribution in [-0.2, 0) is 0 Å². The minimum atomic E-state index is -0.454. The molecule has 0 aliphatic heterocycles. The second-order valence-electron chi connectivity index (χ2n) is 3.95. The largest absolute Gasteiger partial charge is 0.490 e. The molecule has 1 aromatic rings. The Morgan fingerprint density at radius 1 is 1.41 bits per heavy atom. The number of hydrazine groups is 1. The van der Waals surface area contributed by atoms with Crippen LogP contribution < -0.4 is 16.0 Å². The molecule has 0 fully saturated rings. The van der Waals surface area contributed by atoms with Gasteiger partial charge in [-0.3, -0.25) is 10.2 Å². The van der Waals surface area contributed by atoms with Crippen LogP contribution in [0.4, 0.5) is 0 Å². The normalized spacial score (nSPS) is 10.5. The number of carbonyl (C=O) groups excluding carboxylic acids is 1. The van der Waals surface area contributed by atoms with Gasteiger partial charge in [0.05, 0.1) is 16.7 Å². The summed E-state index contributed by atoms with van der Waals surface area (Å²) in [5.41, 5.74) is 2.30. The van der Waals surface area contributed by atoms with Crippen LogP contribution in [0.25, 0.3) is 0 Å². The Balaban J connectivity index is 2.98. The second-order valence-corrected chi connectivity index (χ2v) is 4.76. The lowest BCUT2D eigenvalue weighted by molar-refractivity contribution is 0.0953. The van der Waals surface area contributed by atoms with Crippen LogP contribution in [0.2, 0.25) is 10.0 Å². The van der Waals surface area contributed by atoms with Gasteiger partial charge in [0, 0.05) is 5.56 Å². The Morgan fingerprint density at radius 2 is 1.94 bits per heavy atom. The van der Waals surface area contributed by atoms with Crippen LogP contribution in [-0.4, -0.2) is 12.5 Å². The first-order valence-electron chi connectivity index (χ1n) is 5.08. The zero-order valence-electron chi connectivity index (χ0n) is 9.59. The van der Waals surface area contributed by atoms with E-state index in [-0.39, 0.29) is 10.0 Å². The van der Waals surface area contributed by atoms with Crippen molar-refractivity contribution in [1.82, 2.24) is 5.43 Å². The molecule has 0 heterocycles. The Bertz CT molecular complexity index is 399. The molecule has 0 atom stereocenters. The average molecular weight is 277 g/mol. The van der Waals surface area contributed by atoms with Gasteiger partial charge in [0.25, 0.3) is 5.91 Å². The van der Waals surface area contributed by atoms with Crippen LogP contribution in [0.3, 0.4) is 0 Å². The monoisotopic (exact) mass is 276 g/mol. The van der Waals surface area contributed by atoms with E-state index in [1.807, 2.05) is 19.3 Å². The summed E-state index contributed by atoms with van der Waals surface area (Å²) in [5.74, 6) is 5.31. The van der Waals surface area contributed by atoms with Gasteiger partial charge in [-0.2, -0.15) is 0 Å². The fraction of sp³-hybridized carbons (Fsp3) is 0.364. The van der Waals surface area contributed by atoms with Crippen LogP contribution >= 0.6 is 23.2 Å². The van der Waals surface area contributed by atoms with Gasteiger partial charge in [0.2, 0.25) is 0 Å². The van der Waals surface area contributed by atoms with E-state index in [1.165, 1.54) is 12.1 Å². The van der Waals surface area contributed by atoms with E-state index in [4.69, 9.17) is 33.8 Å². The third-order valence-electron chi connectivity index (χ3n) is 1.95. The molecular formula is C11H14Cl2N2O2. The Kier molecular flexibility index (Phi) is 5.05. The van der Waals surface area contributed by atoms with Crippen molar-refractivity contribution in [1.29, 1.82) is 0 Å².